The molecule has 2 aromatic rings. The fraction of sp³-hybridized carbons (Fsp3) is 0.476. The number of pyridine rings is 2. The molecule has 0 radical (unpaired) electrons. The summed E-state index contributed by atoms with van der Waals surface area (Å²) in [5.74, 6) is -1.10. The van der Waals surface area contributed by atoms with Crippen molar-refractivity contribution in [3.63, 3.8) is 0 Å². The number of anilines is 1. The molecule has 4 rings (SSSR count). The molecule has 2 aliphatic rings. The predicted molar refractivity (Wildman–Crippen MR) is 114 cm³/mol. The van der Waals surface area contributed by atoms with E-state index in [2.05, 4.69) is 9.97 Å². The molecular weight excluding hydrogens is 462 g/mol. The minimum atomic E-state index is -4.65. The van der Waals surface area contributed by atoms with Gasteiger partial charge in [-0.05, 0) is 31.0 Å². The van der Waals surface area contributed by atoms with Crippen LogP contribution in [0.5, 0.6) is 0 Å². The van der Waals surface area contributed by atoms with Crippen LogP contribution in [0.2, 0.25) is 0 Å². The van der Waals surface area contributed by atoms with Gasteiger partial charge in [-0.15, -0.1) is 0 Å². The summed E-state index contributed by atoms with van der Waals surface area (Å²) in [7, 11) is -1.11. The smallest absolute Gasteiger partial charge is 0.354 e. The number of carbonyl (C=O) groups is 1. The molecule has 0 spiro atoms. The molecule has 1 atom stereocenters. The van der Waals surface area contributed by atoms with Crippen LogP contribution in [0.25, 0.3) is 0 Å². The normalized spacial score (nSPS) is 18.8. The van der Waals surface area contributed by atoms with E-state index in [0.717, 1.165) is 0 Å². The third-order valence-electron chi connectivity index (χ3n) is 5.96. The van der Waals surface area contributed by atoms with Crippen molar-refractivity contribution in [3.8, 4) is 0 Å². The lowest BCUT2D eigenvalue weighted by Crippen LogP contribution is -2.47. The molecule has 4 heterocycles. The Balaban J connectivity index is 1.34. The lowest BCUT2D eigenvalue weighted by molar-refractivity contribution is -0.138. The SMILES string of the molecule is CS(=O)c1ccc(CN2CCN(C3CCN(c4ncc(C(F)(F)F)cc4F)CC3)C2=O)nc1. The minimum absolute atomic E-state index is 0.0332. The van der Waals surface area contributed by atoms with Crippen LogP contribution in [0.1, 0.15) is 24.1 Å². The summed E-state index contributed by atoms with van der Waals surface area (Å²) in [6.45, 7) is 2.25. The average molecular weight is 486 g/mol. The molecule has 2 aromatic heterocycles. The molecule has 12 heteroatoms. The Hall–Kier alpha value is -2.76. The quantitative estimate of drug-likeness (QED) is 0.608. The second kappa shape index (κ2) is 9.24. The second-order valence-corrected chi connectivity index (χ2v) is 9.46. The maximum atomic E-state index is 14.3. The van der Waals surface area contributed by atoms with Gasteiger partial charge < -0.3 is 14.7 Å². The molecule has 1 unspecified atom stereocenters. The van der Waals surface area contributed by atoms with E-state index < -0.39 is 28.4 Å². The number of hydrogen-bond acceptors (Lipinski definition) is 5. The highest BCUT2D eigenvalue weighted by Crippen LogP contribution is 2.32. The van der Waals surface area contributed by atoms with Gasteiger partial charge in [0.1, 0.15) is 0 Å². The predicted octanol–water partition coefficient (Wildman–Crippen LogP) is 3.28. The van der Waals surface area contributed by atoms with Gasteiger partial charge in [0.2, 0.25) is 0 Å². The molecule has 33 heavy (non-hydrogen) atoms. The fourth-order valence-corrected chi connectivity index (χ4v) is 4.63. The molecule has 2 saturated heterocycles. The van der Waals surface area contributed by atoms with Gasteiger partial charge in [-0.25, -0.2) is 14.2 Å². The van der Waals surface area contributed by atoms with Gasteiger partial charge in [-0.1, -0.05) is 0 Å². The maximum absolute atomic E-state index is 14.3. The number of alkyl halides is 3. The van der Waals surface area contributed by atoms with Crippen LogP contribution < -0.4 is 4.90 Å². The molecule has 2 amide bonds. The van der Waals surface area contributed by atoms with Crippen molar-refractivity contribution >= 4 is 22.6 Å². The van der Waals surface area contributed by atoms with Crippen LogP contribution in [0.4, 0.5) is 28.2 Å². The molecule has 178 valence electrons. The number of rotatable bonds is 5. The molecule has 0 aromatic carbocycles. The summed E-state index contributed by atoms with van der Waals surface area (Å²) in [6.07, 6.45) is 0.257. The van der Waals surface area contributed by atoms with Crippen molar-refractivity contribution < 1.29 is 26.6 Å². The van der Waals surface area contributed by atoms with Gasteiger partial charge in [-0.2, -0.15) is 13.2 Å². The topological polar surface area (TPSA) is 69.6 Å². The molecular formula is C21H23F4N5O2S. The zero-order chi connectivity index (χ0) is 23.8. The zero-order valence-electron chi connectivity index (χ0n) is 17.9. The number of halogens is 4. The summed E-state index contributed by atoms with van der Waals surface area (Å²) in [5.41, 5.74) is -0.411. The first-order valence-electron chi connectivity index (χ1n) is 10.4. The number of carbonyl (C=O) groups excluding carboxylic acids is 1. The van der Waals surface area contributed by atoms with E-state index in [1.807, 2.05) is 0 Å². The number of amides is 2. The molecule has 0 N–H and O–H groups in total. The van der Waals surface area contributed by atoms with Crippen LogP contribution in [0.15, 0.2) is 35.5 Å². The first-order chi connectivity index (χ1) is 15.6. The highest BCUT2D eigenvalue weighted by Gasteiger charge is 2.37. The Labute approximate surface area is 190 Å². The largest absolute Gasteiger partial charge is 0.417 e. The van der Waals surface area contributed by atoms with E-state index in [0.29, 0.717) is 68.4 Å². The summed E-state index contributed by atoms with van der Waals surface area (Å²) in [6, 6.07) is 3.83. The van der Waals surface area contributed by atoms with Gasteiger partial charge in [0, 0.05) is 50.9 Å². The standard InChI is InChI=1S/C21H23F4N5O2S/c1-33(32)17-3-2-15(26-12-17)13-29-8-9-30(20(29)31)16-4-6-28(7-5-16)19-18(22)10-14(11-27-19)21(23,24)25/h2-3,10-12,16H,4-9,13H2,1H3. The zero-order valence-corrected chi connectivity index (χ0v) is 18.7. The number of nitrogens with zero attached hydrogens (tertiary/aromatic N) is 5. The molecule has 7 nitrogen and oxygen atoms in total. The van der Waals surface area contributed by atoms with Gasteiger partial charge in [0.05, 0.1) is 33.5 Å². The van der Waals surface area contributed by atoms with E-state index in [1.54, 1.807) is 39.3 Å². The Morgan fingerprint density at radius 2 is 1.82 bits per heavy atom. The van der Waals surface area contributed by atoms with E-state index in [4.69, 9.17) is 0 Å². The van der Waals surface area contributed by atoms with Crippen molar-refractivity contribution in [2.75, 3.05) is 37.3 Å². The lowest BCUT2D eigenvalue weighted by atomic mass is 10.0. The maximum Gasteiger partial charge on any atom is 0.417 e. The van der Waals surface area contributed by atoms with E-state index >= 15 is 0 Å². The Kier molecular flexibility index (Phi) is 6.55. The van der Waals surface area contributed by atoms with Crippen LogP contribution in [0.3, 0.4) is 0 Å². The van der Waals surface area contributed by atoms with E-state index in [9.17, 15) is 26.6 Å². The first-order valence-corrected chi connectivity index (χ1v) is 12.0. The number of aromatic nitrogens is 2. The molecule has 2 aliphatic heterocycles. The molecule has 2 fully saturated rings. The van der Waals surface area contributed by atoms with Gasteiger partial charge >= 0.3 is 12.2 Å². The average Bonchev–Trinajstić information content (AvgIpc) is 3.13. The van der Waals surface area contributed by atoms with Gasteiger partial charge in [0.15, 0.2) is 11.6 Å². The van der Waals surface area contributed by atoms with Crippen molar-refractivity contribution in [1.29, 1.82) is 0 Å². The van der Waals surface area contributed by atoms with Crippen LogP contribution in [-0.2, 0) is 23.5 Å². The van der Waals surface area contributed by atoms with E-state index in [1.165, 1.54) is 0 Å². The first kappa shape index (κ1) is 23.4. The second-order valence-electron chi connectivity index (χ2n) is 8.08. The minimum Gasteiger partial charge on any atom is -0.354 e. The highest BCUT2D eigenvalue weighted by molar-refractivity contribution is 7.84. The number of piperidine rings is 1. The van der Waals surface area contributed by atoms with Gasteiger partial charge in [0.25, 0.3) is 0 Å². The van der Waals surface area contributed by atoms with Gasteiger partial charge in [-0.3, -0.25) is 9.19 Å². The summed E-state index contributed by atoms with van der Waals surface area (Å²) in [5, 5.41) is 0. The molecule has 0 bridgehead atoms. The Bertz CT molecular complexity index is 1040. The third kappa shape index (κ3) is 5.10. The molecule has 0 aliphatic carbocycles. The summed E-state index contributed by atoms with van der Waals surface area (Å²) >= 11 is 0. The number of urea groups is 1. The van der Waals surface area contributed by atoms with Crippen LogP contribution in [0, 0.1) is 5.82 Å². The monoisotopic (exact) mass is 485 g/mol. The van der Waals surface area contributed by atoms with Crippen molar-refractivity contribution in [1.82, 2.24) is 19.8 Å². The van der Waals surface area contributed by atoms with E-state index in [-0.39, 0.29) is 17.9 Å². The van der Waals surface area contributed by atoms with Crippen LogP contribution in [-0.4, -0.2) is 68.5 Å². The summed E-state index contributed by atoms with van der Waals surface area (Å²) in [4.78, 5) is 26.6. The number of hydrogen-bond donors (Lipinski definition) is 0. The fourth-order valence-electron chi connectivity index (χ4n) is 4.16. The Morgan fingerprint density at radius 1 is 1.09 bits per heavy atom. The van der Waals surface area contributed by atoms with Crippen molar-refractivity contribution in [2.45, 2.75) is 36.5 Å². The summed E-state index contributed by atoms with van der Waals surface area (Å²) < 4.78 is 64.0. The highest BCUT2D eigenvalue weighted by atomic mass is 32.2. The lowest BCUT2D eigenvalue weighted by Gasteiger charge is -2.37. The molecule has 0 saturated carbocycles. The Morgan fingerprint density at radius 3 is 2.39 bits per heavy atom. The van der Waals surface area contributed by atoms with Crippen molar-refractivity contribution in [2.24, 2.45) is 0 Å². The third-order valence-corrected chi connectivity index (χ3v) is 6.87. The van der Waals surface area contributed by atoms with Crippen molar-refractivity contribution in [3.05, 3.63) is 47.7 Å². The van der Waals surface area contributed by atoms with Crippen LogP contribution >= 0.6 is 0 Å².